The maximum absolute atomic E-state index is 12.0. The van der Waals surface area contributed by atoms with Gasteiger partial charge in [-0.05, 0) is 42.3 Å². The molecule has 5 heteroatoms. The minimum atomic E-state index is -0.0865. The van der Waals surface area contributed by atoms with E-state index in [9.17, 15) is 9.59 Å². The number of amides is 2. The monoisotopic (exact) mass is 330 g/mol. The number of carbonyl (C=O) groups is 2. The summed E-state index contributed by atoms with van der Waals surface area (Å²) in [6, 6.07) is 14.3. The van der Waals surface area contributed by atoms with E-state index >= 15 is 0 Å². The SMILES string of the molecule is CN(C)C(=O)c1ccc(NC(=O)CCc2ccccc2Cl)cc1. The Balaban J connectivity index is 1.90. The molecule has 0 aliphatic rings. The fourth-order valence-electron chi connectivity index (χ4n) is 2.13. The van der Waals surface area contributed by atoms with Gasteiger partial charge in [-0.15, -0.1) is 0 Å². The Labute approximate surface area is 141 Å². The number of carbonyl (C=O) groups excluding carboxylic acids is 2. The molecule has 2 aromatic rings. The quantitative estimate of drug-likeness (QED) is 0.910. The zero-order chi connectivity index (χ0) is 16.8. The van der Waals surface area contributed by atoms with Gasteiger partial charge in [-0.1, -0.05) is 29.8 Å². The summed E-state index contributed by atoms with van der Waals surface area (Å²) in [6.45, 7) is 0. The maximum atomic E-state index is 12.0. The summed E-state index contributed by atoms with van der Waals surface area (Å²) in [5.74, 6) is -0.154. The average molecular weight is 331 g/mol. The Morgan fingerprint density at radius 1 is 1.04 bits per heavy atom. The van der Waals surface area contributed by atoms with Crippen molar-refractivity contribution in [3.8, 4) is 0 Å². The molecule has 2 aromatic carbocycles. The molecule has 4 nitrogen and oxygen atoms in total. The average Bonchev–Trinajstić information content (AvgIpc) is 2.54. The minimum absolute atomic E-state index is 0.0680. The highest BCUT2D eigenvalue weighted by atomic mass is 35.5. The van der Waals surface area contributed by atoms with Crippen LogP contribution in [0.1, 0.15) is 22.3 Å². The normalized spacial score (nSPS) is 10.2. The first kappa shape index (κ1) is 17.0. The lowest BCUT2D eigenvalue weighted by Crippen LogP contribution is -2.21. The van der Waals surface area contributed by atoms with Crippen molar-refractivity contribution in [2.45, 2.75) is 12.8 Å². The molecule has 0 fully saturated rings. The highest BCUT2D eigenvalue weighted by Crippen LogP contribution is 2.17. The van der Waals surface area contributed by atoms with Gasteiger partial charge in [0.05, 0.1) is 0 Å². The van der Waals surface area contributed by atoms with Gasteiger partial charge >= 0.3 is 0 Å². The summed E-state index contributed by atoms with van der Waals surface area (Å²) in [7, 11) is 3.40. The van der Waals surface area contributed by atoms with Crippen LogP contribution in [0.15, 0.2) is 48.5 Å². The third-order valence-electron chi connectivity index (χ3n) is 3.40. The number of halogens is 1. The number of hydrogen-bond acceptors (Lipinski definition) is 2. The molecule has 0 aliphatic heterocycles. The van der Waals surface area contributed by atoms with Crippen molar-refractivity contribution in [2.24, 2.45) is 0 Å². The first-order chi connectivity index (χ1) is 11.0. The van der Waals surface area contributed by atoms with E-state index in [1.165, 1.54) is 4.90 Å². The summed E-state index contributed by atoms with van der Waals surface area (Å²) < 4.78 is 0. The van der Waals surface area contributed by atoms with Gasteiger partial charge in [0.15, 0.2) is 0 Å². The topological polar surface area (TPSA) is 49.4 Å². The van der Waals surface area contributed by atoms with Gasteiger partial charge in [0, 0.05) is 36.8 Å². The Morgan fingerprint density at radius 2 is 1.70 bits per heavy atom. The highest BCUT2D eigenvalue weighted by molar-refractivity contribution is 6.31. The van der Waals surface area contributed by atoms with E-state index in [4.69, 9.17) is 11.6 Å². The van der Waals surface area contributed by atoms with E-state index in [1.54, 1.807) is 38.4 Å². The van der Waals surface area contributed by atoms with E-state index in [2.05, 4.69) is 5.32 Å². The number of hydrogen-bond donors (Lipinski definition) is 1. The molecule has 0 unspecified atom stereocenters. The second-order valence-corrected chi connectivity index (χ2v) is 5.82. The summed E-state index contributed by atoms with van der Waals surface area (Å²) in [5, 5.41) is 3.49. The van der Waals surface area contributed by atoms with E-state index in [0.717, 1.165) is 5.56 Å². The van der Waals surface area contributed by atoms with Gasteiger partial charge in [-0.25, -0.2) is 0 Å². The highest BCUT2D eigenvalue weighted by Gasteiger charge is 2.09. The second kappa shape index (κ2) is 7.79. The van der Waals surface area contributed by atoms with Crippen molar-refractivity contribution >= 4 is 29.1 Å². The maximum Gasteiger partial charge on any atom is 0.253 e. The Morgan fingerprint density at radius 3 is 2.30 bits per heavy atom. The molecule has 1 N–H and O–H groups in total. The largest absolute Gasteiger partial charge is 0.345 e. The standard InChI is InChI=1S/C18H19ClN2O2/c1-21(2)18(23)14-7-10-15(11-8-14)20-17(22)12-9-13-5-3-4-6-16(13)19/h3-8,10-11H,9,12H2,1-2H3,(H,20,22). The summed E-state index contributed by atoms with van der Waals surface area (Å²) in [5.41, 5.74) is 2.21. The first-order valence-electron chi connectivity index (χ1n) is 7.32. The number of benzene rings is 2. The lowest BCUT2D eigenvalue weighted by Gasteiger charge is -2.11. The van der Waals surface area contributed by atoms with Gasteiger partial charge in [0.2, 0.25) is 5.91 Å². The van der Waals surface area contributed by atoms with E-state index < -0.39 is 0 Å². The molecule has 0 radical (unpaired) electrons. The lowest BCUT2D eigenvalue weighted by molar-refractivity contribution is -0.116. The van der Waals surface area contributed by atoms with Crippen LogP contribution in [0.5, 0.6) is 0 Å². The summed E-state index contributed by atoms with van der Waals surface area (Å²) in [4.78, 5) is 25.3. The third kappa shape index (κ3) is 4.83. The Hall–Kier alpha value is -2.33. The van der Waals surface area contributed by atoms with Gasteiger partial charge in [0.1, 0.15) is 0 Å². The van der Waals surface area contributed by atoms with Gasteiger partial charge in [0.25, 0.3) is 5.91 Å². The first-order valence-corrected chi connectivity index (χ1v) is 7.70. The molecule has 2 amide bonds. The van der Waals surface area contributed by atoms with Crippen molar-refractivity contribution in [1.82, 2.24) is 4.90 Å². The van der Waals surface area contributed by atoms with Crippen LogP contribution in [-0.4, -0.2) is 30.8 Å². The van der Waals surface area contributed by atoms with Crippen LogP contribution >= 0.6 is 11.6 Å². The Kier molecular flexibility index (Phi) is 5.77. The van der Waals surface area contributed by atoms with Gasteiger partial charge in [-0.3, -0.25) is 9.59 Å². The van der Waals surface area contributed by atoms with Crippen molar-refractivity contribution in [2.75, 3.05) is 19.4 Å². The molecule has 120 valence electrons. The third-order valence-corrected chi connectivity index (χ3v) is 3.77. The minimum Gasteiger partial charge on any atom is -0.345 e. The fourth-order valence-corrected chi connectivity index (χ4v) is 2.36. The van der Waals surface area contributed by atoms with E-state index in [1.807, 2.05) is 24.3 Å². The Bertz CT molecular complexity index is 696. The van der Waals surface area contributed by atoms with Crippen LogP contribution in [-0.2, 0) is 11.2 Å². The van der Waals surface area contributed by atoms with Crippen LogP contribution in [0.2, 0.25) is 5.02 Å². The van der Waals surface area contributed by atoms with Crippen LogP contribution in [0.4, 0.5) is 5.69 Å². The van der Waals surface area contributed by atoms with Crippen LogP contribution in [0.3, 0.4) is 0 Å². The van der Waals surface area contributed by atoms with Crippen LogP contribution in [0, 0.1) is 0 Å². The van der Waals surface area contributed by atoms with Crippen molar-refractivity contribution in [3.05, 3.63) is 64.7 Å². The van der Waals surface area contributed by atoms with Crippen LogP contribution < -0.4 is 5.32 Å². The zero-order valence-electron chi connectivity index (χ0n) is 13.2. The molecule has 0 heterocycles. The zero-order valence-corrected chi connectivity index (χ0v) is 13.9. The molecule has 0 aromatic heterocycles. The number of anilines is 1. The number of aryl methyl sites for hydroxylation is 1. The number of nitrogens with zero attached hydrogens (tertiary/aromatic N) is 1. The predicted octanol–water partition coefficient (Wildman–Crippen LogP) is 3.61. The lowest BCUT2D eigenvalue weighted by atomic mass is 10.1. The molecule has 0 saturated carbocycles. The molecule has 0 bridgehead atoms. The van der Waals surface area contributed by atoms with Crippen molar-refractivity contribution in [3.63, 3.8) is 0 Å². The van der Waals surface area contributed by atoms with Crippen molar-refractivity contribution in [1.29, 1.82) is 0 Å². The molecular weight excluding hydrogens is 312 g/mol. The van der Waals surface area contributed by atoms with E-state index in [-0.39, 0.29) is 11.8 Å². The van der Waals surface area contributed by atoms with Crippen LogP contribution in [0.25, 0.3) is 0 Å². The summed E-state index contributed by atoms with van der Waals surface area (Å²) in [6.07, 6.45) is 0.935. The van der Waals surface area contributed by atoms with Gasteiger partial charge < -0.3 is 10.2 Å². The predicted molar refractivity (Wildman–Crippen MR) is 92.9 cm³/mol. The fraction of sp³-hybridized carbons (Fsp3) is 0.222. The molecule has 0 atom stereocenters. The summed E-state index contributed by atoms with van der Waals surface area (Å²) >= 11 is 6.07. The molecule has 23 heavy (non-hydrogen) atoms. The van der Waals surface area contributed by atoms with Crippen molar-refractivity contribution < 1.29 is 9.59 Å². The smallest absolute Gasteiger partial charge is 0.253 e. The number of nitrogens with one attached hydrogen (secondary N) is 1. The second-order valence-electron chi connectivity index (χ2n) is 5.42. The molecular formula is C18H19ClN2O2. The molecule has 2 rings (SSSR count). The van der Waals surface area contributed by atoms with E-state index in [0.29, 0.717) is 29.1 Å². The van der Waals surface area contributed by atoms with Gasteiger partial charge in [-0.2, -0.15) is 0 Å². The molecule has 0 saturated heterocycles. The molecule has 0 spiro atoms. The number of rotatable bonds is 5. The molecule has 0 aliphatic carbocycles.